The Hall–Kier alpha value is -0.660. The summed E-state index contributed by atoms with van der Waals surface area (Å²) in [5, 5.41) is 9.62. The second-order valence-electron chi connectivity index (χ2n) is 6.61. The van der Waals surface area contributed by atoms with E-state index in [-0.39, 0.29) is 28.9 Å². The molecule has 6 nitrogen and oxygen atoms in total. The van der Waals surface area contributed by atoms with E-state index in [1.54, 1.807) is 0 Å². The van der Waals surface area contributed by atoms with E-state index in [2.05, 4.69) is 0 Å². The van der Waals surface area contributed by atoms with E-state index in [1.165, 1.54) is 0 Å². The van der Waals surface area contributed by atoms with Gasteiger partial charge in [0.05, 0.1) is 29.6 Å². The van der Waals surface area contributed by atoms with Crippen molar-refractivity contribution in [3.8, 4) is 0 Å². The largest absolute Gasteiger partial charge is 0.481 e. The molecule has 3 aliphatic rings. The Kier molecular flexibility index (Phi) is 4.00. The van der Waals surface area contributed by atoms with Crippen LogP contribution in [-0.2, 0) is 24.1 Å². The third-order valence-corrected chi connectivity index (χ3v) is 6.96. The van der Waals surface area contributed by atoms with Crippen LogP contribution in [0.1, 0.15) is 25.7 Å². The number of ether oxygens (including phenoxy) is 2. The van der Waals surface area contributed by atoms with Crippen LogP contribution in [0, 0.1) is 17.8 Å². The van der Waals surface area contributed by atoms with Crippen molar-refractivity contribution in [2.45, 2.75) is 31.3 Å². The summed E-state index contributed by atoms with van der Waals surface area (Å²) in [6.07, 6.45) is 2.63. The fraction of sp³-hybridized carbons (Fsp3) is 0.929. The molecular formula is C14H22O6S. The molecule has 3 fully saturated rings. The van der Waals surface area contributed by atoms with Gasteiger partial charge in [-0.25, -0.2) is 8.42 Å². The maximum absolute atomic E-state index is 11.7. The molecule has 3 heterocycles. The Morgan fingerprint density at radius 1 is 1.24 bits per heavy atom. The van der Waals surface area contributed by atoms with E-state index in [0.717, 1.165) is 6.42 Å². The molecule has 0 radical (unpaired) electrons. The minimum atomic E-state index is -3.06. The molecule has 0 aromatic carbocycles. The Balaban J connectivity index is 1.76. The van der Waals surface area contributed by atoms with Crippen molar-refractivity contribution in [2.24, 2.45) is 17.8 Å². The average molecular weight is 318 g/mol. The SMILES string of the molecule is O=C(O)C(C1CCOC2(CCOC2)C1)C1CCS(=O)(=O)C1. The summed E-state index contributed by atoms with van der Waals surface area (Å²) in [6, 6.07) is 0. The smallest absolute Gasteiger partial charge is 0.307 e. The molecule has 0 aromatic rings. The van der Waals surface area contributed by atoms with Crippen molar-refractivity contribution in [2.75, 3.05) is 31.3 Å². The van der Waals surface area contributed by atoms with Gasteiger partial charge in [0.2, 0.25) is 0 Å². The van der Waals surface area contributed by atoms with Crippen LogP contribution in [0.15, 0.2) is 0 Å². The van der Waals surface area contributed by atoms with Crippen LogP contribution in [0.25, 0.3) is 0 Å². The zero-order chi connectivity index (χ0) is 15.1. The van der Waals surface area contributed by atoms with Gasteiger partial charge in [-0.2, -0.15) is 0 Å². The van der Waals surface area contributed by atoms with E-state index in [1.807, 2.05) is 0 Å². The van der Waals surface area contributed by atoms with Gasteiger partial charge in [-0.15, -0.1) is 0 Å². The minimum Gasteiger partial charge on any atom is -0.481 e. The van der Waals surface area contributed by atoms with Crippen molar-refractivity contribution < 1.29 is 27.8 Å². The first-order valence-corrected chi connectivity index (χ1v) is 9.38. The van der Waals surface area contributed by atoms with Gasteiger partial charge in [-0.3, -0.25) is 4.79 Å². The molecule has 1 N–H and O–H groups in total. The summed E-state index contributed by atoms with van der Waals surface area (Å²) in [5.74, 6) is -1.57. The molecule has 0 saturated carbocycles. The molecular weight excluding hydrogens is 296 g/mol. The highest BCUT2D eigenvalue weighted by Gasteiger charge is 2.48. The Morgan fingerprint density at radius 3 is 2.62 bits per heavy atom. The molecule has 21 heavy (non-hydrogen) atoms. The van der Waals surface area contributed by atoms with Gasteiger partial charge in [-0.1, -0.05) is 0 Å². The fourth-order valence-electron chi connectivity index (χ4n) is 4.13. The van der Waals surface area contributed by atoms with E-state index >= 15 is 0 Å². The van der Waals surface area contributed by atoms with Crippen molar-refractivity contribution in [3.63, 3.8) is 0 Å². The van der Waals surface area contributed by atoms with Gasteiger partial charge in [0, 0.05) is 19.6 Å². The number of hydrogen-bond acceptors (Lipinski definition) is 5. The zero-order valence-electron chi connectivity index (χ0n) is 12.0. The van der Waals surface area contributed by atoms with Crippen molar-refractivity contribution >= 4 is 15.8 Å². The van der Waals surface area contributed by atoms with Gasteiger partial charge in [-0.05, 0) is 31.1 Å². The van der Waals surface area contributed by atoms with Crippen molar-refractivity contribution in [1.29, 1.82) is 0 Å². The first-order valence-electron chi connectivity index (χ1n) is 7.56. The van der Waals surface area contributed by atoms with Crippen LogP contribution in [0.2, 0.25) is 0 Å². The van der Waals surface area contributed by atoms with E-state index in [4.69, 9.17) is 9.47 Å². The van der Waals surface area contributed by atoms with Gasteiger partial charge < -0.3 is 14.6 Å². The fourth-order valence-corrected chi connectivity index (χ4v) is 5.99. The number of carbonyl (C=O) groups is 1. The third-order valence-electron chi connectivity index (χ3n) is 5.17. The highest BCUT2D eigenvalue weighted by Crippen LogP contribution is 2.42. The van der Waals surface area contributed by atoms with Gasteiger partial charge in [0.15, 0.2) is 9.84 Å². The van der Waals surface area contributed by atoms with Crippen molar-refractivity contribution in [3.05, 3.63) is 0 Å². The number of carboxylic acids is 1. The molecule has 3 saturated heterocycles. The summed E-state index contributed by atoms with van der Waals surface area (Å²) in [7, 11) is -3.06. The number of rotatable bonds is 3. The Labute approximate surface area is 124 Å². The summed E-state index contributed by atoms with van der Waals surface area (Å²) in [4.78, 5) is 11.7. The lowest BCUT2D eigenvalue weighted by Crippen LogP contribution is -2.45. The summed E-state index contributed by atoms with van der Waals surface area (Å²) < 4.78 is 34.6. The first kappa shape index (κ1) is 15.2. The molecule has 7 heteroatoms. The Bertz CT molecular complexity index is 508. The van der Waals surface area contributed by atoms with Gasteiger partial charge >= 0.3 is 5.97 Å². The van der Waals surface area contributed by atoms with Gasteiger partial charge in [0.25, 0.3) is 0 Å². The summed E-state index contributed by atoms with van der Waals surface area (Å²) in [5.41, 5.74) is -0.339. The predicted octanol–water partition coefficient (Wildman–Crippen LogP) is 0.708. The molecule has 4 atom stereocenters. The summed E-state index contributed by atoms with van der Waals surface area (Å²) >= 11 is 0. The predicted molar refractivity (Wildman–Crippen MR) is 74.7 cm³/mol. The normalized spacial score (nSPS) is 40.4. The molecule has 3 rings (SSSR count). The van der Waals surface area contributed by atoms with E-state index in [9.17, 15) is 18.3 Å². The number of sulfone groups is 1. The van der Waals surface area contributed by atoms with Crippen molar-refractivity contribution in [1.82, 2.24) is 0 Å². The first-order chi connectivity index (χ1) is 9.91. The lowest BCUT2D eigenvalue weighted by atomic mass is 9.73. The maximum atomic E-state index is 11.7. The standard InChI is InChI=1S/C14H22O6S/c15-13(16)12(11-2-6-21(17,18)8-11)10-1-4-20-14(7-10)3-5-19-9-14/h10-12H,1-9H2,(H,15,16). The van der Waals surface area contributed by atoms with Crippen LogP contribution < -0.4 is 0 Å². The zero-order valence-corrected chi connectivity index (χ0v) is 12.8. The second kappa shape index (κ2) is 5.52. The van der Waals surface area contributed by atoms with Crippen LogP contribution in [0.5, 0.6) is 0 Å². The molecule has 1 spiro atoms. The van der Waals surface area contributed by atoms with E-state index < -0.39 is 21.7 Å². The lowest BCUT2D eigenvalue weighted by Gasteiger charge is -2.40. The molecule has 3 aliphatic heterocycles. The van der Waals surface area contributed by atoms with Crippen LogP contribution in [0.4, 0.5) is 0 Å². The van der Waals surface area contributed by atoms with E-state index in [0.29, 0.717) is 39.1 Å². The van der Waals surface area contributed by atoms with Gasteiger partial charge in [0.1, 0.15) is 0 Å². The highest BCUT2D eigenvalue weighted by molar-refractivity contribution is 7.91. The monoisotopic (exact) mass is 318 g/mol. The molecule has 4 unspecified atom stereocenters. The number of carboxylic acid groups (broad SMARTS) is 1. The summed E-state index contributed by atoms with van der Waals surface area (Å²) in [6.45, 7) is 1.72. The molecule has 120 valence electrons. The average Bonchev–Trinajstić information content (AvgIpc) is 2.97. The Morgan fingerprint density at radius 2 is 2.05 bits per heavy atom. The lowest BCUT2D eigenvalue weighted by molar-refractivity contribution is -0.153. The van der Waals surface area contributed by atoms with Crippen LogP contribution in [0.3, 0.4) is 0 Å². The molecule has 0 aromatic heterocycles. The minimum absolute atomic E-state index is 0.0174. The quantitative estimate of drug-likeness (QED) is 0.824. The second-order valence-corrected chi connectivity index (χ2v) is 8.84. The topological polar surface area (TPSA) is 89.9 Å². The highest BCUT2D eigenvalue weighted by atomic mass is 32.2. The molecule has 0 aliphatic carbocycles. The molecule has 0 bridgehead atoms. The van der Waals surface area contributed by atoms with Crippen LogP contribution in [-0.4, -0.2) is 56.4 Å². The molecule has 0 amide bonds. The maximum Gasteiger partial charge on any atom is 0.307 e. The number of hydrogen-bond donors (Lipinski definition) is 1. The third kappa shape index (κ3) is 3.10. The number of aliphatic carboxylic acids is 1. The van der Waals surface area contributed by atoms with Crippen LogP contribution >= 0.6 is 0 Å².